The Morgan fingerprint density at radius 1 is 0.650 bits per heavy atom. The largest absolute Gasteiger partial charge is 0.451 e. The SMILES string of the molecule is O=C(OC(c1cccc2ccccc12)c1cccc2ccccc12)C(Cc1c[nH]c2ccccc12)n1cccc1. The van der Waals surface area contributed by atoms with Gasteiger partial charge in [-0.25, -0.2) is 4.79 Å². The molecule has 40 heavy (non-hydrogen) atoms. The van der Waals surface area contributed by atoms with E-state index in [2.05, 4.69) is 65.6 Å². The molecular formula is C36H28N2O2. The second-order valence-electron chi connectivity index (χ2n) is 10.2. The van der Waals surface area contributed by atoms with Gasteiger partial charge in [0.1, 0.15) is 6.04 Å². The van der Waals surface area contributed by atoms with Crippen LogP contribution in [0.1, 0.15) is 28.8 Å². The van der Waals surface area contributed by atoms with Gasteiger partial charge in [-0.15, -0.1) is 0 Å². The average Bonchev–Trinajstić information content (AvgIpc) is 3.69. The molecule has 7 aromatic rings. The Morgan fingerprint density at radius 2 is 1.20 bits per heavy atom. The van der Waals surface area contributed by atoms with Crippen molar-refractivity contribution in [3.05, 3.63) is 157 Å². The molecule has 2 aromatic heterocycles. The number of fused-ring (bicyclic) bond motifs is 3. The molecule has 1 atom stereocenters. The maximum atomic E-state index is 14.3. The third-order valence-electron chi connectivity index (χ3n) is 7.79. The summed E-state index contributed by atoms with van der Waals surface area (Å²) in [5, 5.41) is 5.49. The monoisotopic (exact) mass is 520 g/mol. The summed E-state index contributed by atoms with van der Waals surface area (Å²) in [5.41, 5.74) is 4.09. The van der Waals surface area contributed by atoms with Gasteiger partial charge in [0.25, 0.3) is 0 Å². The van der Waals surface area contributed by atoms with Crippen LogP contribution in [0.2, 0.25) is 0 Å². The van der Waals surface area contributed by atoms with E-state index >= 15 is 0 Å². The minimum atomic E-state index is -0.578. The van der Waals surface area contributed by atoms with E-state index in [1.165, 1.54) is 0 Å². The van der Waals surface area contributed by atoms with Crippen LogP contribution < -0.4 is 0 Å². The number of carbonyl (C=O) groups excluding carboxylic acids is 1. The molecule has 0 aliphatic rings. The molecule has 0 aliphatic heterocycles. The van der Waals surface area contributed by atoms with Crippen LogP contribution in [0.25, 0.3) is 32.4 Å². The minimum Gasteiger partial charge on any atom is -0.451 e. The molecule has 0 amide bonds. The molecule has 0 aliphatic carbocycles. The summed E-state index contributed by atoms with van der Waals surface area (Å²) in [6.45, 7) is 0. The van der Waals surface area contributed by atoms with Gasteiger partial charge in [-0.2, -0.15) is 0 Å². The summed E-state index contributed by atoms with van der Waals surface area (Å²) in [6, 6.07) is 40.5. The fraction of sp³-hybridized carbons (Fsp3) is 0.0833. The maximum Gasteiger partial charge on any atom is 0.330 e. The lowest BCUT2D eigenvalue weighted by atomic mass is 9.92. The van der Waals surface area contributed by atoms with Gasteiger partial charge in [-0.1, -0.05) is 103 Å². The van der Waals surface area contributed by atoms with E-state index in [0.29, 0.717) is 6.42 Å². The summed E-state index contributed by atoms with van der Waals surface area (Å²) in [4.78, 5) is 17.6. The van der Waals surface area contributed by atoms with Crippen LogP contribution in [-0.4, -0.2) is 15.5 Å². The highest BCUT2D eigenvalue weighted by molar-refractivity contribution is 5.91. The Labute approximate surface area is 232 Å². The molecule has 0 spiro atoms. The molecule has 1 N–H and O–H groups in total. The molecule has 0 saturated heterocycles. The van der Waals surface area contributed by atoms with E-state index in [-0.39, 0.29) is 5.97 Å². The molecule has 5 aromatic carbocycles. The quantitative estimate of drug-likeness (QED) is 0.215. The molecule has 2 heterocycles. The zero-order valence-corrected chi connectivity index (χ0v) is 21.9. The Bertz CT molecular complexity index is 1860. The predicted molar refractivity (Wildman–Crippen MR) is 161 cm³/mol. The smallest absolute Gasteiger partial charge is 0.330 e. The van der Waals surface area contributed by atoms with Crippen molar-refractivity contribution in [2.75, 3.05) is 0 Å². The minimum absolute atomic E-state index is 0.271. The van der Waals surface area contributed by atoms with E-state index in [1.807, 2.05) is 83.8 Å². The van der Waals surface area contributed by atoms with Gasteiger partial charge in [-0.05, 0) is 45.3 Å². The second kappa shape index (κ2) is 10.2. The first-order valence-electron chi connectivity index (χ1n) is 13.6. The second-order valence-corrected chi connectivity index (χ2v) is 10.2. The molecule has 4 nitrogen and oxygen atoms in total. The van der Waals surface area contributed by atoms with Crippen molar-refractivity contribution in [3.63, 3.8) is 0 Å². The van der Waals surface area contributed by atoms with Crippen molar-refractivity contribution < 1.29 is 9.53 Å². The standard InChI is InChI=1S/C36H28N2O2/c39-36(34(38-21-7-8-22-38)23-27-24-37-33-20-6-5-17-30(27)33)40-35(31-18-9-13-25-11-1-3-15-28(25)31)32-19-10-14-26-12-2-4-16-29(26)32/h1-22,24,34-35,37H,23H2. The fourth-order valence-electron chi connectivity index (χ4n) is 5.82. The summed E-state index contributed by atoms with van der Waals surface area (Å²) >= 11 is 0. The number of nitrogens with zero attached hydrogens (tertiary/aromatic N) is 1. The third kappa shape index (κ3) is 4.34. The van der Waals surface area contributed by atoms with Crippen molar-refractivity contribution in [2.45, 2.75) is 18.6 Å². The number of rotatable bonds is 7. The number of aromatic nitrogens is 2. The lowest BCUT2D eigenvalue weighted by Gasteiger charge is -2.25. The zero-order chi connectivity index (χ0) is 26.9. The molecule has 0 saturated carbocycles. The van der Waals surface area contributed by atoms with Crippen LogP contribution in [0, 0.1) is 0 Å². The van der Waals surface area contributed by atoms with Crippen molar-refractivity contribution in [1.29, 1.82) is 0 Å². The molecular weight excluding hydrogens is 492 g/mol. The highest BCUT2D eigenvalue weighted by Crippen LogP contribution is 2.37. The normalized spacial score (nSPS) is 12.3. The third-order valence-corrected chi connectivity index (χ3v) is 7.79. The van der Waals surface area contributed by atoms with Crippen LogP contribution in [-0.2, 0) is 16.0 Å². The Balaban J connectivity index is 1.34. The first-order valence-corrected chi connectivity index (χ1v) is 13.6. The Hall–Kier alpha value is -5.09. The van der Waals surface area contributed by atoms with Gasteiger partial charge in [0, 0.05) is 47.0 Å². The van der Waals surface area contributed by atoms with E-state index in [9.17, 15) is 4.79 Å². The number of aromatic amines is 1. The highest BCUT2D eigenvalue weighted by Gasteiger charge is 2.29. The van der Waals surface area contributed by atoms with Gasteiger partial charge in [0.2, 0.25) is 0 Å². The van der Waals surface area contributed by atoms with E-state index in [1.54, 1.807) is 0 Å². The zero-order valence-electron chi connectivity index (χ0n) is 21.9. The van der Waals surface area contributed by atoms with Crippen LogP contribution in [0.5, 0.6) is 0 Å². The van der Waals surface area contributed by atoms with Gasteiger partial charge >= 0.3 is 5.97 Å². The van der Waals surface area contributed by atoms with Crippen molar-refractivity contribution in [2.24, 2.45) is 0 Å². The van der Waals surface area contributed by atoms with Crippen molar-refractivity contribution in [3.8, 4) is 0 Å². The Kier molecular flexibility index (Phi) is 6.14. The van der Waals surface area contributed by atoms with Crippen LogP contribution in [0.4, 0.5) is 0 Å². The molecule has 0 fully saturated rings. The van der Waals surface area contributed by atoms with Crippen LogP contribution in [0.3, 0.4) is 0 Å². The predicted octanol–water partition coefficient (Wildman–Crippen LogP) is 8.39. The topological polar surface area (TPSA) is 47.0 Å². The number of ether oxygens (including phenoxy) is 1. The highest BCUT2D eigenvalue weighted by atomic mass is 16.5. The molecule has 0 radical (unpaired) electrons. The lowest BCUT2D eigenvalue weighted by Crippen LogP contribution is -2.25. The van der Waals surface area contributed by atoms with Crippen molar-refractivity contribution in [1.82, 2.24) is 9.55 Å². The number of H-pyrrole nitrogens is 1. The number of hydrogen-bond donors (Lipinski definition) is 1. The molecule has 0 bridgehead atoms. The number of nitrogens with one attached hydrogen (secondary N) is 1. The molecule has 7 rings (SSSR count). The fourth-order valence-corrected chi connectivity index (χ4v) is 5.82. The van der Waals surface area contributed by atoms with E-state index in [0.717, 1.165) is 49.1 Å². The number of esters is 1. The molecule has 1 unspecified atom stereocenters. The molecule has 4 heteroatoms. The van der Waals surface area contributed by atoms with Crippen LogP contribution >= 0.6 is 0 Å². The van der Waals surface area contributed by atoms with Gasteiger partial charge < -0.3 is 14.3 Å². The number of benzene rings is 5. The van der Waals surface area contributed by atoms with Gasteiger partial charge in [-0.3, -0.25) is 0 Å². The first kappa shape index (κ1) is 24.0. The summed E-state index contributed by atoms with van der Waals surface area (Å²) in [5.74, 6) is -0.271. The Morgan fingerprint density at radius 3 is 1.85 bits per heavy atom. The number of para-hydroxylation sites is 1. The summed E-state index contributed by atoms with van der Waals surface area (Å²) in [7, 11) is 0. The summed E-state index contributed by atoms with van der Waals surface area (Å²) in [6.07, 6.45) is 5.80. The van der Waals surface area contributed by atoms with Gasteiger partial charge in [0.15, 0.2) is 6.10 Å². The van der Waals surface area contributed by atoms with Crippen molar-refractivity contribution >= 4 is 38.4 Å². The number of carbonyl (C=O) groups is 1. The summed E-state index contributed by atoms with van der Waals surface area (Å²) < 4.78 is 8.57. The first-order chi connectivity index (χ1) is 19.8. The molecule has 194 valence electrons. The lowest BCUT2D eigenvalue weighted by molar-refractivity contribution is -0.151. The van der Waals surface area contributed by atoms with Gasteiger partial charge in [0.05, 0.1) is 0 Å². The maximum absolute atomic E-state index is 14.3. The van der Waals surface area contributed by atoms with E-state index < -0.39 is 12.1 Å². The average molecular weight is 521 g/mol. The van der Waals surface area contributed by atoms with E-state index in [4.69, 9.17) is 4.74 Å². The van der Waals surface area contributed by atoms with Crippen LogP contribution in [0.15, 0.2) is 140 Å². The number of hydrogen-bond acceptors (Lipinski definition) is 2.